The quantitative estimate of drug-likeness (QED) is 0.902. The summed E-state index contributed by atoms with van der Waals surface area (Å²) in [7, 11) is 1.61. The lowest BCUT2D eigenvalue weighted by Crippen LogP contribution is -2.10. The van der Waals surface area contributed by atoms with E-state index in [0.29, 0.717) is 18.6 Å². The number of rotatable bonds is 5. The fourth-order valence-electron chi connectivity index (χ4n) is 1.63. The summed E-state index contributed by atoms with van der Waals surface area (Å²) in [5.74, 6) is -0.182. The lowest BCUT2D eigenvalue weighted by molar-refractivity contribution is 0.0997. The Morgan fingerprint density at radius 2 is 2.19 bits per heavy atom. The molecule has 0 aliphatic rings. The minimum absolute atomic E-state index is 0.193. The van der Waals surface area contributed by atoms with Crippen LogP contribution >= 0.6 is 15.9 Å². The number of hydrogen-bond donors (Lipinski definition) is 1. The lowest BCUT2D eigenvalue weighted by Gasteiger charge is -2.16. The third kappa shape index (κ3) is 3.85. The van der Waals surface area contributed by atoms with Gasteiger partial charge >= 0.3 is 0 Å². The molecule has 0 fully saturated rings. The van der Waals surface area contributed by atoms with Crippen molar-refractivity contribution in [2.45, 2.75) is 19.4 Å². The van der Waals surface area contributed by atoms with Crippen molar-refractivity contribution in [3.05, 3.63) is 34.1 Å². The van der Waals surface area contributed by atoms with Gasteiger partial charge in [-0.05, 0) is 30.5 Å². The van der Waals surface area contributed by atoms with Gasteiger partial charge in [-0.25, -0.2) is 4.39 Å². The largest absolute Gasteiger partial charge is 0.388 e. The van der Waals surface area contributed by atoms with E-state index < -0.39 is 6.10 Å². The van der Waals surface area contributed by atoms with Gasteiger partial charge in [0.2, 0.25) is 0 Å². The van der Waals surface area contributed by atoms with Crippen LogP contribution in [0, 0.1) is 11.7 Å². The first-order valence-corrected chi connectivity index (χ1v) is 5.95. The van der Waals surface area contributed by atoms with E-state index in [2.05, 4.69) is 15.9 Å². The summed E-state index contributed by atoms with van der Waals surface area (Å²) in [4.78, 5) is 0. The predicted molar refractivity (Wildman–Crippen MR) is 64.7 cm³/mol. The zero-order valence-corrected chi connectivity index (χ0v) is 11.0. The fraction of sp³-hybridized carbons (Fsp3) is 0.500. The van der Waals surface area contributed by atoms with Crippen LogP contribution in [-0.4, -0.2) is 18.8 Å². The van der Waals surface area contributed by atoms with E-state index in [1.54, 1.807) is 19.2 Å². The molecule has 0 bridgehead atoms. The Hall–Kier alpha value is -0.450. The van der Waals surface area contributed by atoms with Crippen molar-refractivity contribution in [2.75, 3.05) is 13.7 Å². The smallest absolute Gasteiger partial charge is 0.129 e. The second-order valence-corrected chi connectivity index (χ2v) is 4.89. The molecular formula is C12H16BrFO2. The van der Waals surface area contributed by atoms with Gasteiger partial charge in [-0.2, -0.15) is 0 Å². The molecule has 0 aromatic heterocycles. The Morgan fingerprint density at radius 3 is 2.81 bits per heavy atom. The maximum absolute atomic E-state index is 13.4. The van der Waals surface area contributed by atoms with Gasteiger partial charge in [-0.1, -0.05) is 22.9 Å². The highest BCUT2D eigenvalue weighted by atomic mass is 79.9. The van der Waals surface area contributed by atoms with E-state index in [1.165, 1.54) is 6.07 Å². The molecule has 2 nitrogen and oxygen atoms in total. The standard InChI is InChI=1S/C12H16BrFO2/c1-8(7-16-2)5-12(15)10-6-9(13)3-4-11(10)14/h3-4,6,8,12,15H,5,7H2,1-2H3. The van der Waals surface area contributed by atoms with Crippen LogP contribution in [0.3, 0.4) is 0 Å². The monoisotopic (exact) mass is 290 g/mol. The summed E-state index contributed by atoms with van der Waals surface area (Å²) in [5, 5.41) is 9.91. The summed E-state index contributed by atoms with van der Waals surface area (Å²) in [6.45, 7) is 2.52. The van der Waals surface area contributed by atoms with Crippen molar-refractivity contribution in [3.63, 3.8) is 0 Å². The molecule has 0 saturated heterocycles. The van der Waals surface area contributed by atoms with E-state index >= 15 is 0 Å². The van der Waals surface area contributed by atoms with Crippen molar-refractivity contribution in [1.82, 2.24) is 0 Å². The van der Waals surface area contributed by atoms with Crippen LogP contribution in [-0.2, 0) is 4.74 Å². The molecule has 0 aliphatic carbocycles. The van der Waals surface area contributed by atoms with Gasteiger partial charge in [-0.3, -0.25) is 0 Å². The van der Waals surface area contributed by atoms with Crippen LogP contribution in [0.5, 0.6) is 0 Å². The van der Waals surface area contributed by atoms with Crippen LogP contribution in [0.25, 0.3) is 0 Å². The van der Waals surface area contributed by atoms with Crippen molar-refractivity contribution in [3.8, 4) is 0 Å². The number of ether oxygens (including phenoxy) is 1. The highest BCUT2D eigenvalue weighted by Crippen LogP contribution is 2.26. The zero-order chi connectivity index (χ0) is 12.1. The molecule has 0 heterocycles. The predicted octanol–water partition coefficient (Wildman–Crippen LogP) is 3.29. The van der Waals surface area contributed by atoms with Gasteiger partial charge in [0, 0.05) is 23.8 Å². The molecule has 0 aliphatic heterocycles. The first-order valence-electron chi connectivity index (χ1n) is 5.16. The molecule has 2 unspecified atom stereocenters. The average molecular weight is 291 g/mol. The number of methoxy groups -OCH3 is 1. The Bertz CT molecular complexity index is 344. The summed E-state index contributed by atoms with van der Waals surface area (Å²) in [5.41, 5.74) is 0.331. The van der Waals surface area contributed by atoms with Crippen molar-refractivity contribution < 1.29 is 14.2 Å². The number of halogens is 2. The van der Waals surface area contributed by atoms with E-state index in [9.17, 15) is 9.50 Å². The Morgan fingerprint density at radius 1 is 1.50 bits per heavy atom. The maximum Gasteiger partial charge on any atom is 0.129 e. The van der Waals surface area contributed by atoms with Crippen LogP contribution in [0.15, 0.2) is 22.7 Å². The molecule has 0 spiro atoms. The molecule has 4 heteroatoms. The second-order valence-electron chi connectivity index (χ2n) is 3.98. The van der Waals surface area contributed by atoms with Gasteiger partial charge < -0.3 is 9.84 Å². The second kappa shape index (κ2) is 6.33. The first-order chi connectivity index (χ1) is 7.54. The molecule has 1 rings (SSSR count). The molecule has 16 heavy (non-hydrogen) atoms. The first kappa shape index (κ1) is 13.6. The average Bonchev–Trinajstić information content (AvgIpc) is 2.21. The summed E-state index contributed by atoms with van der Waals surface area (Å²) < 4.78 is 19.2. The number of aliphatic hydroxyl groups is 1. The minimum atomic E-state index is -0.789. The number of aliphatic hydroxyl groups excluding tert-OH is 1. The Kier molecular flexibility index (Phi) is 5.38. The third-order valence-electron chi connectivity index (χ3n) is 2.39. The molecule has 1 N–H and O–H groups in total. The maximum atomic E-state index is 13.4. The van der Waals surface area contributed by atoms with E-state index in [1.807, 2.05) is 6.92 Å². The summed E-state index contributed by atoms with van der Waals surface area (Å²) in [6.07, 6.45) is -0.302. The summed E-state index contributed by atoms with van der Waals surface area (Å²) >= 11 is 3.26. The Balaban J connectivity index is 2.72. The molecule has 1 aromatic rings. The molecule has 2 atom stereocenters. The SMILES string of the molecule is COCC(C)CC(O)c1cc(Br)ccc1F. The van der Waals surface area contributed by atoms with Crippen LogP contribution < -0.4 is 0 Å². The van der Waals surface area contributed by atoms with Gasteiger partial charge in [0.15, 0.2) is 0 Å². The highest BCUT2D eigenvalue weighted by molar-refractivity contribution is 9.10. The van der Waals surface area contributed by atoms with Crippen molar-refractivity contribution in [1.29, 1.82) is 0 Å². The van der Waals surface area contributed by atoms with Gasteiger partial charge in [0.05, 0.1) is 6.10 Å². The molecule has 1 aromatic carbocycles. The topological polar surface area (TPSA) is 29.5 Å². The Labute approximate surface area is 104 Å². The van der Waals surface area contributed by atoms with Gasteiger partial charge in [0.1, 0.15) is 5.82 Å². The third-order valence-corrected chi connectivity index (χ3v) is 2.89. The van der Waals surface area contributed by atoms with Gasteiger partial charge in [-0.15, -0.1) is 0 Å². The minimum Gasteiger partial charge on any atom is -0.388 e. The molecular weight excluding hydrogens is 275 g/mol. The lowest BCUT2D eigenvalue weighted by atomic mass is 9.98. The fourth-order valence-corrected chi connectivity index (χ4v) is 2.01. The summed E-state index contributed by atoms with van der Waals surface area (Å²) in [6, 6.07) is 4.58. The van der Waals surface area contributed by atoms with Crippen LogP contribution in [0.2, 0.25) is 0 Å². The van der Waals surface area contributed by atoms with Gasteiger partial charge in [0.25, 0.3) is 0 Å². The highest BCUT2D eigenvalue weighted by Gasteiger charge is 2.16. The number of hydrogen-bond acceptors (Lipinski definition) is 2. The number of benzene rings is 1. The van der Waals surface area contributed by atoms with E-state index in [4.69, 9.17) is 4.74 Å². The molecule has 0 radical (unpaired) electrons. The van der Waals surface area contributed by atoms with Crippen LogP contribution in [0.4, 0.5) is 4.39 Å². The van der Waals surface area contributed by atoms with Crippen molar-refractivity contribution >= 4 is 15.9 Å². The molecule has 0 amide bonds. The normalized spacial score (nSPS) is 14.8. The van der Waals surface area contributed by atoms with Crippen molar-refractivity contribution in [2.24, 2.45) is 5.92 Å². The van der Waals surface area contributed by atoms with Crippen LogP contribution in [0.1, 0.15) is 25.0 Å². The van der Waals surface area contributed by atoms with E-state index in [0.717, 1.165) is 4.47 Å². The molecule has 90 valence electrons. The van der Waals surface area contributed by atoms with E-state index in [-0.39, 0.29) is 11.7 Å². The zero-order valence-electron chi connectivity index (χ0n) is 9.41. The molecule has 0 saturated carbocycles.